The van der Waals surface area contributed by atoms with Crippen molar-refractivity contribution in [3.05, 3.63) is 90.0 Å². The molecule has 10 heteroatoms. The highest BCUT2D eigenvalue weighted by molar-refractivity contribution is 5.81. The molecule has 45 heavy (non-hydrogen) atoms. The van der Waals surface area contributed by atoms with Crippen LogP contribution in [0.25, 0.3) is 11.1 Å². The van der Waals surface area contributed by atoms with Crippen molar-refractivity contribution in [3.8, 4) is 16.9 Å². The predicted molar refractivity (Wildman–Crippen MR) is 171 cm³/mol. The number of rotatable bonds is 12. The number of hydrogen-bond donors (Lipinski definition) is 2. The number of aliphatic carboxylic acids is 1. The van der Waals surface area contributed by atoms with Crippen LogP contribution in [-0.2, 0) is 27.3 Å². The van der Waals surface area contributed by atoms with Crippen LogP contribution in [-0.4, -0.2) is 77.0 Å². The van der Waals surface area contributed by atoms with Gasteiger partial charge < -0.3 is 30.0 Å². The fraction of sp³-hybridized carbons (Fsp3) is 0.400. The molecule has 0 saturated carbocycles. The average Bonchev–Trinajstić information content (AvgIpc) is 3.44. The highest BCUT2D eigenvalue weighted by Gasteiger charge is 2.42. The van der Waals surface area contributed by atoms with E-state index in [-0.39, 0.29) is 25.7 Å². The maximum atomic E-state index is 12.9. The summed E-state index contributed by atoms with van der Waals surface area (Å²) in [6.45, 7) is 7.14. The summed E-state index contributed by atoms with van der Waals surface area (Å²) in [6, 6.07) is 23.7. The molecular weight excluding hydrogens is 574 g/mol. The first-order valence-electron chi connectivity index (χ1n) is 15.3. The van der Waals surface area contributed by atoms with Gasteiger partial charge in [-0.15, -0.1) is 0 Å². The van der Waals surface area contributed by atoms with Crippen LogP contribution in [0.3, 0.4) is 0 Å². The van der Waals surface area contributed by atoms with Gasteiger partial charge in [0.2, 0.25) is 0 Å². The minimum absolute atomic E-state index is 0.0536. The summed E-state index contributed by atoms with van der Waals surface area (Å²) < 4.78 is 17.3. The Morgan fingerprint density at radius 1 is 0.978 bits per heavy atom. The maximum absolute atomic E-state index is 12.9. The van der Waals surface area contributed by atoms with E-state index < -0.39 is 29.8 Å². The molecule has 1 aliphatic heterocycles. The SMILES string of the molecule is CC(C)(C)OC(=O)N(CCCN)CCc1ccccc1-c1cccc(O[C@H]2C[C@@H](C(=O)O)N(C(=O)OCc3ccccc3)C2)c1. The molecule has 0 spiro atoms. The molecule has 3 aromatic carbocycles. The summed E-state index contributed by atoms with van der Waals surface area (Å²) in [6.07, 6.45) is -0.156. The molecule has 0 unspecified atom stereocenters. The second-order valence-electron chi connectivity index (χ2n) is 12.1. The Morgan fingerprint density at radius 3 is 2.42 bits per heavy atom. The van der Waals surface area contributed by atoms with Crippen LogP contribution in [0.15, 0.2) is 78.9 Å². The van der Waals surface area contributed by atoms with Crippen molar-refractivity contribution in [1.82, 2.24) is 9.80 Å². The minimum Gasteiger partial charge on any atom is -0.488 e. The first-order chi connectivity index (χ1) is 21.5. The summed E-state index contributed by atoms with van der Waals surface area (Å²) in [4.78, 5) is 40.6. The first-order valence-corrected chi connectivity index (χ1v) is 15.3. The predicted octanol–water partition coefficient (Wildman–Crippen LogP) is 5.73. The van der Waals surface area contributed by atoms with Crippen LogP contribution in [0, 0.1) is 0 Å². The third kappa shape index (κ3) is 9.71. The topological polar surface area (TPSA) is 132 Å². The zero-order chi connectivity index (χ0) is 32.4. The molecule has 1 aliphatic rings. The molecule has 0 radical (unpaired) electrons. The number of carbonyl (C=O) groups is 3. The Balaban J connectivity index is 1.43. The Bertz CT molecular complexity index is 1440. The zero-order valence-electron chi connectivity index (χ0n) is 26.2. The Morgan fingerprint density at radius 2 is 1.71 bits per heavy atom. The van der Waals surface area contributed by atoms with Crippen LogP contribution in [0.2, 0.25) is 0 Å². The third-order valence-corrected chi connectivity index (χ3v) is 7.39. The van der Waals surface area contributed by atoms with Gasteiger partial charge in [0.05, 0.1) is 6.54 Å². The standard InChI is InChI=1S/C35H43N3O7/c1-35(2,3)45-33(41)37(19-10-18-36)20-17-26-13-7-8-16-30(26)27-14-9-15-28(21-27)44-29-22-31(32(39)40)38(23-29)34(42)43-24-25-11-5-4-6-12-25/h4-9,11-16,21,29,31H,10,17-20,22-24,36H2,1-3H3,(H,39,40)/t29-,31-/m0/s1. The molecule has 1 fully saturated rings. The van der Waals surface area contributed by atoms with Gasteiger partial charge in [-0.05, 0) is 74.5 Å². The Hall–Kier alpha value is -4.57. The van der Waals surface area contributed by atoms with Gasteiger partial charge in [0.25, 0.3) is 0 Å². The number of nitrogens with two attached hydrogens (primary N) is 1. The van der Waals surface area contributed by atoms with E-state index in [1.165, 1.54) is 4.90 Å². The smallest absolute Gasteiger partial charge is 0.410 e. The van der Waals surface area contributed by atoms with Gasteiger partial charge in [0, 0.05) is 19.5 Å². The Kier molecular flexibility index (Phi) is 11.4. The number of amides is 2. The van der Waals surface area contributed by atoms with Crippen molar-refractivity contribution in [1.29, 1.82) is 0 Å². The van der Waals surface area contributed by atoms with E-state index >= 15 is 0 Å². The van der Waals surface area contributed by atoms with Crippen molar-refractivity contribution >= 4 is 18.2 Å². The lowest BCUT2D eigenvalue weighted by Gasteiger charge is -2.27. The number of hydrogen-bond acceptors (Lipinski definition) is 7. The molecular formula is C35H43N3O7. The number of ether oxygens (including phenoxy) is 3. The molecule has 3 aromatic rings. The zero-order valence-corrected chi connectivity index (χ0v) is 26.2. The molecule has 0 aromatic heterocycles. The van der Waals surface area contributed by atoms with Crippen molar-refractivity contribution < 1.29 is 33.7 Å². The van der Waals surface area contributed by atoms with Gasteiger partial charge in [-0.3, -0.25) is 4.90 Å². The van der Waals surface area contributed by atoms with Crippen molar-refractivity contribution in [2.75, 3.05) is 26.2 Å². The molecule has 4 rings (SSSR count). The summed E-state index contributed by atoms with van der Waals surface area (Å²) in [5, 5.41) is 9.81. The number of benzene rings is 3. The van der Waals surface area contributed by atoms with Gasteiger partial charge in [-0.2, -0.15) is 0 Å². The van der Waals surface area contributed by atoms with Crippen LogP contribution in [0.4, 0.5) is 9.59 Å². The highest BCUT2D eigenvalue weighted by Crippen LogP contribution is 2.30. The lowest BCUT2D eigenvalue weighted by molar-refractivity contribution is -0.141. The summed E-state index contributed by atoms with van der Waals surface area (Å²) in [5.41, 5.74) is 8.90. The van der Waals surface area contributed by atoms with E-state index in [0.29, 0.717) is 38.2 Å². The quantitative estimate of drug-likeness (QED) is 0.264. The number of nitrogens with zero attached hydrogens (tertiary/aromatic N) is 2. The second kappa shape index (κ2) is 15.4. The monoisotopic (exact) mass is 617 g/mol. The van der Waals surface area contributed by atoms with E-state index in [0.717, 1.165) is 22.3 Å². The van der Waals surface area contributed by atoms with Crippen molar-refractivity contribution in [3.63, 3.8) is 0 Å². The van der Waals surface area contributed by atoms with Crippen LogP contribution in [0.5, 0.6) is 5.75 Å². The van der Waals surface area contributed by atoms with Crippen molar-refractivity contribution in [2.45, 2.75) is 64.4 Å². The van der Waals surface area contributed by atoms with Crippen LogP contribution in [0.1, 0.15) is 44.7 Å². The molecule has 10 nitrogen and oxygen atoms in total. The number of likely N-dealkylation sites (tertiary alicyclic amines) is 1. The van der Waals surface area contributed by atoms with E-state index in [1.807, 2.05) is 99.6 Å². The fourth-order valence-corrected chi connectivity index (χ4v) is 5.23. The number of carboxylic acid groups (broad SMARTS) is 1. The van der Waals surface area contributed by atoms with Crippen LogP contribution < -0.4 is 10.5 Å². The third-order valence-electron chi connectivity index (χ3n) is 7.39. The molecule has 0 bridgehead atoms. The van der Waals surface area contributed by atoms with Gasteiger partial charge in [0.1, 0.15) is 30.1 Å². The molecule has 0 aliphatic carbocycles. The average molecular weight is 618 g/mol. The fourth-order valence-electron chi connectivity index (χ4n) is 5.23. The second-order valence-corrected chi connectivity index (χ2v) is 12.1. The van der Waals surface area contributed by atoms with Gasteiger partial charge >= 0.3 is 18.2 Å². The number of carbonyl (C=O) groups excluding carboxylic acids is 2. The summed E-state index contributed by atoms with van der Waals surface area (Å²) >= 11 is 0. The van der Waals surface area contributed by atoms with Gasteiger partial charge in [-0.25, -0.2) is 14.4 Å². The lowest BCUT2D eigenvalue weighted by atomic mass is 9.97. The minimum atomic E-state index is -1.10. The van der Waals surface area contributed by atoms with E-state index in [4.69, 9.17) is 19.9 Å². The summed E-state index contributed by atoms with van der Waals surface area (Å²) in [7, 11) is 0. The van der Waals surface area contributed by atoms with E-state index in [1.54, 1.807) is 4.90 Å². The molecule has 240 valence electrons. The van der Waals surface area contributed by atoms with Crippen molar-refractivity contribution in [2.24, 2.45) is 5.73 Å². The molecule has 1 saturated heterocycles. The molecule has 1 heterocycles. The van der Waals surface area contributed by atoms with Gasteiger partial charge in [-0.1, -0.05) is 66.7 Å². The first kappa shape index (κ1) is 33.3. The highest BCUT2D eigenvalue weighted by atomic mass is 16.6. The van der Waals surface area contributed by atoms with E-state index in [2.05, 4.69) is 0 Å². The summed E-state index contributed by atoms with van der Waals surface area (Å²) in [5.74, 6) is -0.540. The molecule has 2 amide bonds. The molecule has 2 atom stereocenters. The Labute approximate surface area is 264 Å². The van der Waals surface area contributed by atoms with Crippen LogP contribution >= 0.6 is 0 Å². The molecule has 3 N–H and O–H groups in total. The maximum Gasteiger partial charge on any atom is 0.410 e. The lowest BCUT2D eigenvalue weighted by Crippen LogP contribution is -2.40. The van der Waals surface area contributed by atoms with Gasteiger partial charge in [0.15, 0.2) is 0 Å². The normalized spacial score (nSPS) is 16.2. The van der Waals surface area contributed by atoms with E-state index in [9.17, 15) is 19.5 Å². The number of carboxylic acids is 1. The largest absolute Gasteiger partial charge is 0.488 e.